The summed E-state index contributed by atoms with van der Waals surface area (Å²) in [5, 5.41) is 8.71. The predicted octanol–water partition coefficient (Wildman–Crippen LogP) is 3.79. The topological polar surface area (TPSA) is 40.5 Å². The van der Waals surface area contributed by atoms with E-state index in [-0.39, 0.29) is 11.5 Å². The number of benzene rings is 1. The Labute approximate surface area is 119 Å². The van der Waals surface area contributed by atoms with Crippen LogP contribution in [0.3, 0.4) is 0 Å². The molecule has 0 bridgehead atoms. The molecule has 0 aliphatic carbocycles. The van der Waals surface area contributed by atoms with Crippen LogP contribution < -0.4 is 4.90 Å². The van der Waals surface area contributed by atoms with Crippen molar-refractivity contribution in [1.29, 1.82) is 0 Å². The van der Waals surface area contributed by atoms with Crippen LogP contribution >= 0.6 is 0 Å². The Hall–Kier alpha value is -1.84. The van der Waals surface area contributed by atoms with Gasteiger partial charge in [0.25, 0.3) is 0 Å². The van der Waals surface area contributed by atoms with E-state index in [4.69, 9.17) is 5.11 Å². The van der Waals surface area contributed by atoms with Crippen LogP contribution in [0.5, 0.6) is 0 Å². The van der Waals surface area contributed by atoms with Gasteiger partial charge in [0.1, 0.15) is 5.82 Å². The van der Waals surface area contributed by atoms with Crippen molar-refractivity contribution in [2.24, 2.45) is 5.41 Å². The molecule has 0 heterocycles. The van der Waals surface area contributed by atoms with Crippen LogP contribution in [0.1, 0.15) is 33.3 Å². The van der Waals surface area contributed by atoms with Crippen LogP contribution in [-0.4, -0.2) is 24.2 Å². The molecule has 4 heteroatoms. The Morgan fingerprint density at radius 2 is 2.00 bits per heavy atom. The van der Waals surface area contributed by atoms with E-state index in [1.54, 1.807) is 12.1 Å². The summed E-state index contributed by atoms with van der Waals surface area (Å²) in [6.45, 7) is 8.40. The van der Waals surface area contributed by atoms with Gasteiger partial charge in [0.2, 0.25) is 0 Å². The lowest BCUT2D eigenvalue weighted by Crippen LogP contribution is -2.39. The summed E-state index contributed by atoms with van der Waals surface area (Å²) >= 11 is 0. The molecular formula is C16H22FNO2. The third kappa shape index (κ3) is 3.83. The number of carboxylic acids is 1. The summed E-state index contributed by atoms with van der Waals surface area (Å²) in [6, 6.07) is 4.93. The molecule has 0 saturated carbocycles. The van der Waals surface area contributed by atoms with Crippen molar-refractivity contribution in [3.63, 3.8) is 0 Å². The van der Waals surface area contributed by atoms with E-state index in [9.17, 15) is 9.18 Å². The maximum absolute atomic E-state index is 13.9. The van der Waals surface area contributed by atoms with Gasteiger partial charge >= 0.3 is 5.97 Å². The van der Waals surface area contributed by atoms with Gasteiger partial charge in [-0.1, -0.05) is 26.8 Å². The molecule has 20 heavy (non-hydrogen) atoms. The summed E-state index contributed by atoms with van der Waals surface area (Å²) < 4.78 is 13.9. The van der Waals surface area contributed by atoms with E-state index in [1.165, 1.54) is 12.1 Å². The third-order valence-corrected chi connectivity index (χ3v) is 3.64. The van der Waals surface area contributed by atoms with Crippen LogP contribution in [-0.2, 0) is 4.79 Å². The number of nitrogens with zero attached hydrogens (tertiary/aromatic N) is 1. The van der Waals surface area contributed by atoms with Crippen LogP contribution in [0.2, 0.25) is 0 Å². The molecule has 1 N–H and O–H groups in total. The Balaban J connectivity index is 3.24. The van der Waals surface area contributed by atoms with Crippen LogP contribution in [0, 0.1) is 11.2 Å². The van der Waals surface area contributed by atoms with Gasteiger partial charge in [-0.15, -0.1) is 0 Å². The van der Waals surface area contributed by atoms with Gasteiger partial charge in [0.15, 0.2) is 0 Å². The number of carbonyl (C=O) groups is 1. The zero-order chi connectivity index (χ0) is 15.5. The minimum Gasteiger partial charge on any atom is -0.478 e. The van der Waals surface area contributed by atoms with Gasteiger partial charge in [0.05, 0.1) is 0 Å². The van der Waals surface area contributed by atoms with Crippen molar-refractivity contribution in [3.8, 4) is 0 Å². The number of hydrogen-bond acceptors (Lipinski definition) is 2. The van der Waals surface area contributed by atoms with Crippen molar-refractivity contribution in [3.05, 3.63) is 35.7 Å². The molecule has 0 aliphatic heterocycles. The standard InChI is InChI=1S/C16H22FNO2/c1-11(16(2,3)4)18(5)14-8-6-7-13(17)12(14)9-10-15(19)20/h6-11H,1-5H3,(H,19,20)/b10-9+. The third-order valence-electron chi connectivity index (χ3n) is 3.64. The number of carboxylic acid groups (broad SMARTS) is 1. The normalized spacial score (nSPS) is 13.5. The second-order valence-electron chi connectivity index (χ2n) is 6.00. The summed E-state index contributed by atoms with van der Waals surface area (Å²) in [5.41, 5.74) is 1.01. The Morgan fingerprint density at radius 3 is 2.50 bits per heavy atom. The van der Waals surface area contributed by atoms with E-state index in [1.807, 2.05) is 11.9 Å². The highest BCUT2D eigenvalue weighted by molar-refractivity contribution is 5.87. The van der Waals surface area contributed by atoms with Crippen LogP contribution in [0.15, 0.2) is 24.3 Å². The van der Waals surface area contributed by atoms with Crippen molar-refractivity contribution < 1.29 is 14.3 Å². The highest BCUT2D eigenvalue weighted by Crippen LogP contribution is 2.31. The van der Waals surface area contributed by atoms with Crippen molar-refractivity contribution in [2.45, 2.75) is 33.7 Å². The fraction of sp³-hybridized carbons (Fsp3) is 0.438. The molecule has 1 unspecified atom stereocenters. The minimum absolute atomic E-state index is 0.0227. The van der Waals surface area contributed by atoms with Gasteiger partial charge in [0, 0.05) is 30.4 Å². The Bertz CT molecular complexity index is 518. The lowest BCUT2D eigenvalue weighted by Gasteiger charge is -2.37. The monoisotopic (exact) mass is 279 g/mol. The lowest BCUT2D eigenvalue weighted by atomic mass is 9.86. The van der Waals surface area contributed by atoms with Crippen LogP contribution in [0.4, 0.5) is 10.1 Å². The van der Waals surface area contributed by atoms with Crippen LogP contribution in [0.25, 0.3) is 6.08 Å². The number of hydrogen-bond donors (Lipinski definition) is 1. The molecule has 0 aromatic heterocycles. The minimum atomic E-state index is -1.09. The van der Waals surface area contributed by atoms with Crippen molar-refractivity contribution in [1.82, 2.24) is 0 Å². The zero-order valence-corrected chi connectivity index (χ0v) is 12.6. The summed E-state index contributed by atoms with van der Waals surface area (Å²) in [4.78, 5) is 12.6. The maximum Gasteiger partial charge on any atom is 0.328 e. The molecule has 0 spiro atoms. The van der Waals surface area contributed by atoms with Crippen molar-refractivity contribution in [2.75, 3.05) is 11.9 Å². The first-order valence-electron chi connectivity index (χ1n) is 6.57. The first-order valence-corrected chi connectivity index (χ1v) is 6.57. The molecule has 3 nitrogen and oxygen atoms in total. The quantitative estimate of drug-likeness (QED) is 0.852. The first-order chi connectivity index (χ1) is 9.14. The van der Waals surface area contributed by atoms with E-state index in [0.29, 0.717) is 11.3 Å². The first kappa shape index (κ1) is 16.2. The molecule has 0 fully saturated rings. The van der Waals surface area contributed by atoms with Gasteiger partial charge < -0.3 is 10.0 Å². The second kappa shape index (κ2) is 6.07. The number of halogens is 1. The summed E-state index contributed by atoms with van der Waals surface area (Å²) in [5.74, 6) is -1.52. The average molecular weight is 279 g/mol. The number of rotatable bonds is 4. The summed E-state index contributed by atoms with van der Waals surface area (Å²) in [6.07, 6.45) is 2.26. The SMILES string of the molecule is CC(N(C)c1cccc(F)c1/C=C/C(=O)O)C(C)(C)C. The fourth-order valence-electron chi connectivity index (χ4n) is 1.94. The zero-order valence-electron chi connectivity index (χ0n) is 12.6. The second-order valence-corrected chi connectivity index (χ2v) is 6.00. The molecule has 1 rings (SSSR count). The highest BCUT2D eigenvalue weighted by Gasteiger charge is 2.25. The molecule has 1 aromatic rings. The van der Waals surface area contributed by atoms with E-state index in [2.05, 4.69) is 27.7 Å². The largest absolute Gasteiger partial charge is 0.478 e. The van der Waals surface area contributed by atoms with Gasteiger partial charge in [-0.25, -0.2) is 9.18 Å². The Kier molecular flexibility index (Phi) is 4.93. The fourth-order valence-corrected chi connectivity index (χ4v) is 1.94. The molecule has 0 aliphatic rings. The molecule has 110 valence electrons. The number of anilines is 1. The maximum atomic E-state index is 13.9. The molecule has 0 saturated heterocycles. The average Bonchev–Trinajstić information content (AvgIpc) is 2.34. The molecule has 1 atom stereocenters. The lowest BCUT2D eigenvalue weighted by molar-refractivity contribution is -0.131. The van der Waals surface area contributed by atoms with E-state index >= 15 is 0 Å². The molecule has 1 aromatic carbocycles. The summed E-state index contributed by atoms with van der Waals surface area (Å²) in [7, 11) is 1.89. The van der Waals surface area contributed by atoms with Gasteiger partial charge in [-0.2, -0.15) is 0 Å². The highest BCUT2D eigenvalue weighted by atomic mass is 19.1. The van der Waals surface area contributed by atoms with Gasteiger partial charge in [-0.3, -0.25) is 0 Å². The molecular weight excluding hydrogens is 257 g/mol. The predicted molar refractivity (Wildman–Crippen MR) is 80.4 cm³/mol. The molecule has 0 amide bonds. The van der Waals surface area contributed by atoms with Crippen molar-refractivity contribution >= 4 is 17.7 Å². The van der Waals surface area contributed by atoms with E-state index in [0.717, 1.165) is 6.08 Å². The van der Waals surface area contributed by atoms with Gasteiger partial charge in [-0.05, 0) is 30.5 Å². The Morgan fingerprint density at radius 1 is 1.40 bits per heavy atom. The van der Waals surface area contributed by atoms with E-state index < -0.39 is 11.8 Å². The smallest absolute Gasteiger partial charge is 0.328 e. The molecule has 0 radical (unpaired) electrons. The number of aliphatic carboxylic acids is 1.